The van der Waals surface area contributed by atoms with E-state index in [4.69, 9.17) is 4.42 Å². The smallest absolute Gasteiger partial charge is 0.134 e. The molecule has 1 heterocycles. The second-order valence-corrected chi connectivity index (χ2v) is 4.99. The Bertz CT molecular complexity index is 488. The Morgan fingerprint density at radius 2 is 2.00 bits per heavy atom. The van der Waals surface area contributed by atoms with Gasteiger partial charge in [0.25, 0.3) is 0 Å². The summed E-state index contributed by atoms with van der Waals surface area (Å²) in [5.74, 6) is 0. The molecule has 0 atom stereocenters. The largest absolute Gasteiger partial charge is 0.464 e. The molecule has 0 bridgehead atoms. The first-order valence-corrected chi connectivity index (χ1v) is 5.97. The minimum Gasteiger partial charge on any atom is -0.464 e. The number of para-hydroxylation sites is 1. The van der Waals surface area contributed by atoms with E-state index in [1.807, 2.05) is 31.5 Å². The van der Waals surface area contributed by atoms with Crippen LogP contribution in [0.4, 0.5) is 0 Å². The van der Waals surface area contributed by atoms with Crippen LogP contribution in [0.15, 0.2) is 34.9 Å². The molecular weight excluding hydrogens is 212 g/mol. The number of hydrogen-bond donors (Lipinski definition) is 2. The molecule has 0 spiro atoms. The number of furan rings is 1. The highest BCUT2D eigenvalue weighted by Gasteiger charge is 2.14. The van der Waals surface area contributed by atoms with E-state index in [-0.39, 0.29) is 5.54 Å². The molecule has 0 saturated carbocycles. The molecule has 2 aromatic rings. The minimum atomic E-state index is 0.111. The molecule has 0 unspecified atom stereocenters. The van der Waals surface area contributed by atoms with Crippen molar-refractivity contribution in [3.8, 4) is 0 Å². The summed E-state index contributed by atoms with van der Waals surface area (Å²) in [6, 6.07) is 8.13. The molecule has 1 aromatic carbocycles. The maximum absolute atomic E-state index is 5.50. The highest BCUT2D eigenvalue weighted by molar-refractivity contribution is 5.80. The first-order chi connectivity index (χ1) is 8.12. The predicted molar refractivity (Wildman–Crippen MR) is 71.1 cm³/mol. The Morgan fingerprint density at radius 1 is 1.24 bits per heavy atom. The first kappa shape index (κ1) is 12.1. The Hall–Kier alpha value is -1.32. The molecule has 2 rings (SSSR count). The van der Waals surface area contributed by atoms with Gasteiger partial charge >= 0.3 is 0 Å². The van der Waals surface area contributed by atoms with Crippen molar-refractivity contribution in [1.29, 1.82) is 0 Å². The third kappa shape index (κ3) is 2.87. The van der Waals surface area contributed by atoms with Gasteiger partial charge in [-0.15, -0.1) is 0 Å². The normalized spacial score (nSPS) is 12.2. The molecular formula is C14H20N2O. The lowest BCUT2D eigenvalue weighted by Gasteiger charge is -2.24. The van der Waals surface area contributed by atoms with E-state index in [1.165, 1.54) is 10.9 Å². The number of likely N-dealkylation sites (N-methyl/N-ethyl adjacent to an activating group) is 1. The van der Waals surface area contributed by atoms with E-state index in [0.29, 0.717) is 0 Å². The van der Waals surface area contributed by atoms with Gasteiger partial charge in [0.15, 0.2) is 0 Å². The van der Waals surface area contributed by atoms with Crippen LogP contribution in [0.25, 0.3) is 11.0 Å². The van der Waals surface area contributed by atoms with Gasteiger partial charge in [-0.25, -0.2) is 0 Å². The fourth-order valence-corrected chi connectivity index (χ4v) is 1.77. The van der Waals surface area contributed by atoms with Crippen molar-refractivity contribution in [1.82, 2.24) is 10.6 Å². The van der Waals surface area contributed by atoms with E-state index < -0.39 is 0 Å². The van der Waals surface area contributed by atoms with Gasteiger partial charge in [-0.05, 0) is 27.0 Å². The van der Waals surface area contributed by atoms with Crippen molar-refractivity contribution >= 4 is 11.0 Å². The van der Waals surface area contributed by atoms with Crippen molar-refractivity contribution in [3.05, 3.63) is 36.1 Å². The van der Waals surface area contributed by atoms with Crippen molar-refractivity contribution in [3.63, 3.8) is 0 Å². The highest BCUT2D eigenvalue weighted by atomic mass is 16.3. The fourth-order valence-electron chi connectivity index (χ4n) is 1.77. The molecule has 0 aliphatic heterocycles. The summed E-state index contributed by atoms with van der Waals surface area (Å²) in [7, 11) is 1.98. The molecule has 0 saturated heterocycles. The molecule has 0 aliphatic rings. The Balaban J connectivity index is 2.00. The lowest BCUT2D eigenvalue weighted by molar-refractivity contribution is 0.393. The minimum absolute atomic E-state index is 0.111. The Labute approximate surface area is 102 Å². The topological polar surface area (TPSA) is 37.2 Å². The SMILES string of the molecule is CNC(C)(C)CNCc1coc2ccccc12. The van der Waals surface area contributed by atoms with E-state index in [1.54, 1.807) is 0 Å². The summed E-state index contributed by atoms with van der Waals surface area (Å²) >= 11 is 0. The summed E-state index contributed by atoms with van der Waals surface area (Å²) in [5.41, 5.74) is 2.28. The highest BCUT2D eigenvalue weighted by Crippen LogP contribution is 2.20. The maximum atomic E-state index is 5.50. The van der Waals surface area contributed by atoms with Gasteiger partial charge in [0.05, 0.1) is 6.26 Å². The zero-order chi connectivity index (χ0) is 12.3. The molecule has 3 nitrogen and oxygen atoms in total. The van der Waals surface area contributed by atoms with E-state index in [0.717, 1.165) is 18.7 Å². The number of benzene rings is 1. The van der Waals surface area contributed by atoms with Crippen LogP contribution in [-0.4, -0.2) is 19.1 Å². The zero-order valence-corrected chi connectivity index (χ0v) is 10.7. The number of hydrogen-bond acceptors (Lipinski definition) is 3. The Morgan fingerprint density at radius 3 is 2.76 bits per heavy atom. The van der Waals surface area contributed by atoms with Crippen molar-refractivity contribution < 1.29 is 4.42 Å². The van der Waals surface area contributed by atoms with Gasteiger partial charge < -0.3 is 15.1 Å². The van der Waals surface area contributed by atoms with Gasteiger partial charge in [-0.3, -0.25) is 0 Å². The average molecular weight is 232 g/mol. The summed E-state index contributed by atoms with van der Waals surface area (Å²) in [6.07, 6.45) is 1.84. The molecule has 2 N–H and O–H groups in total. The van der Waals surface area contributed by atoms with Gasteiger partial charge in [0, 0.05) is 29.6 Å². The molecule has 1 aromatic heterocycles. The van der Waals surface area contributed by atoms with E-state index in [2.05, 4.69) is 30.5 Å². The second kappa shape index (κ2) is 4.90. The standard InChI is InChI=1S/C14H20N2O/c1-14(2,15-3)10-16-8-11-9-17-13-7-5-4-6-12(11)13/h4-7,9,15-16H,8,10H2,1-3H3. The Kier molecular flexibility index (Phi) is 3.50. The molecule has 92 valence electrons. The molecule has 0 fully saturated rings. The van der Waals surface area contributed by atoms with Crippen molar-refractivity contribution in [2.45, 2.75) is 25.9 Å². The van der Waals surface area contributed by atoms with Crippen LogP contribution in [0.3, 0.4) is 0 Å². The third-order valence-electron chi connectivity index (χ3n) is 3.12. The monoisotopic (exact) mass is 232 g/mol. The number of nitrogens with one attached hydrogen (secondary N) is 2. The predicted octanol–water partition coefficient (Wildman–Crippen LogP) is 2.52. The van der Waals surface area contributed by atoms with E-state index in [9.17, 15) is 0 Å². The van der Waals surface area contributed by atoms with Crippen LogP contribution in [0.5, 0.6) is 0 Å². The van der Waals surface area contributed by atoms with Crippen LogP contribution in [-0.2, 0) is 6.54 Å². The number of fused-ring (bicyclic) bond motifs is 1. The third-order valence-corrected chi connectivity index (χ3v) is 3.12. The van der Waals surface area contributed by atoms with Crippen LogP contribution in [0.2, 0.25) is 0 Å². The number of rotatable bonds is 5. The molecule has 0 amide bonds. The van der Waals surface area contributed by atoms with Crippen LogP contribution in [0, 0.1) is 0 Å². The van der Waals surface area contributed by atoms with Crippen LogP contribution >= 0.6 is 0 Å². The molecule has 0 radical (unpaired) electrons. The summed E-state index contributed by atoms with van der Waals surface area (Å²) in [5, 5.41) is 7.92. The van der Waals surface area contributed by atoms with Gasteiger partial charge in [0.1, 0.15) is 5.58 Å². The first-order valence-electron chi connectivity index (χ1n) is 5.97. The van der Waals surface area contributed by atoms with Crippen LogP contribution in [0.1, 0.15) is 19.4 Å². The summed E-state index contributed by atoms with van der Waals surface area (Å²) in [6.45, 7) is 6.10. The quantitative estimate of drug-likeness (QED) is 0.831. The maximum Gasteiger partial charge on any atom is 0.134 e. The second-order valence-electron chi connectivity index (χ2n) is 4.99. The van der Waals surface area contributed by atoms with Gasteiger partial charge in [-0.2, -0.15) is 0 Å². The van der Waals surface area contributed by atoms with Crippen molar-refractivity contribution in [2.24, 2.45) is 0 Å². The average Bonchev–Trinajstić information content (AvgIpc) is 2.73. The van der Waals surface area contributed by atoms with Gasteiger partial charge in [-0.1, -0.05) is 18.2 Å². The molecule has 3 heteroatoms. The van der Waals surface area contributed by atoms with Crippen molar-refractivity contribution in [2.75, 3.05) is 13.6 Å². The lowest BCUT2D eigenvalue weighted by atomic mass is 10.1. The molecule has 17 heavy (non-hydrogen) atoms. The lowest BCUT2D eigenvalue weighted by Crippen LogP contribution is -2.45. The molecule has 0 aliphatic carbocycles. The zero-order valence-electron chi connectivity index (χ0n) is 10.7. The fraction of sp³-hybridized carbons (Fsp3) is 0.429. The summed E-state index contributed by atoms with van der Waals surface area (Å²) < 4.78 is 5.50. The van der Waals surface area contributed by atoms with Gasteiger partial charge in [0.2, 0.25) is 0 Å². The van der Waals surface area contributed by atoms with Crippen LogP contribution < -0.4 is 10.6 Å². The summed E-state index contributed by atoms with van der Waals surface area (Å²) in [4.78, 5) is 0. The van der Waals surface area contributed by atoms with E-state index >= 15 is 0 Å².